The fourth-order valence-corrected chi connectivity index (χ4v) is 5.54. The van der Waals surface area contributed by atoms with Crippen LogP contribution in [-0.4, -0.2) is 31.9 Å². The Hall–Kier alpha value is -3.51. The number of carbonyl (C=O) groups is 1. The molecule has 6 nitrogen and oxygen atoms in total. The third kappa shape index (κ3) is 5.03. The average molecular weight is 502 g/mol. The van der Waals surface area contributed by atoms with Crippen molar-refractivity contribution in [2.75, 3.05) is 20.3 Å². The highest BCUT2D eigenvalue weighted by molar-refractivity contribution is 5.75. The second-order valence-corrected chi connectivity index (χ2v) is 10.1. The highest BCUT2D eigenvalue weighted by Crippen LogP contribution is 2.59. The van der Waals surface area contributed by atoms with E-state index in [1.54, 1.807) is 7.11 Å². The summed E-state index contributed by atoms with van der Waals surface area (Å²) < 4.78 is 23.3. The zero-order valence-corrected chi connectivity index (χ0v) is 21.9. The van der Waals surface area contributed by atoms with Gasteiger partial charge in [0.1, 0.15) is 36.1 Å². The van der Waals surface area contributed by atoms with Gasteiger partial charge >= 0.3 is 0 Å². The Morgan fingerprint density at radius 1 is 1.00 bits per heavy atom. The Labute approximate surface area is 218 Å². The van der Waals surface area contributed by atoms with Gasteiger partial charge in [0.15, 0.2) is 0 Å². The molecule has 1 spiro atoms. The van der Waals surface area contributed by atoms with Crippen molar-refractivity contribution >= 4 is 5.97 Å². The first-order valence-electron chi connectivity index (χ1n) is 12.8. The number of hydrogen-bond acceptors (Lipinski definition) is 6. The number of aliphatic carboxylic acids is 1. The van der Waals surface area contributed by atoms with Crippen LogP contribution >= 0.6 is 0 Å². The molecule has 37 heavy (non-hydrogen) atoms. The molecule has 3 aromatic carbocycles. The van der Waals surface area contributed by atoms with Gasteiger partial charge in [-0.3, -0.25) is 0 Å². The second kappa shape index (κ2) is 10.1. The molecule has 1 fully saturated rings. The Bertz CT molecular complexity index is 1300. The molecule has 1 heterocycles. The Morgan fingerprint density at radius 3 is 2.43 bits per heavy atom. The van der Waals surface area contributed by atoms with Gasteiger partial charge in [0.2, 0.25) is 0 Å². The summed E-state index contributed by atoms with van der Waals surface area (Å²) in [6.45, 7) is 7.84. The first-order chi connectivity index (χ1) is 17.8. The van der Waals surface area contributed by atoms with Crippen molar-refractivity contribution in [3.8, 4) is 28.4 Å². The van der Waals surface area contributed by atoms with Crippen LogP contribution in [0, 0.1) is 20.8 Å². The normalized spacial score (nSPS) is 16.8. The monoisotopic (exact) mass is 501 g/mol. The second-order valence-electron chi connectivity index (χ2n) is 10.1. The first kappa shape index (κ1) is 25.2. The van der Waals surface area contributed by atoms with E-state index < -0.39 is 5.97 Å². The quantitative estimate of drug-likeness (QED) is 0.363. The van der Waals surface area contributed by atoms with Crippen LogP contribution in [-0.2, 0) is 16.1 Å². The minimum absolute atomic E-state index is 0.0156. The number of methoxy groups -OCH3 is 1. The number of rotatable bonds is 10. The molecule has 0 radical (unpaired) electrons. The van der Waals surface area contributed by atoms with Gasteiger partial charge in [-0.1, -0.05) is 24.3 Å². The largest absolute Gasteiger partial charge is 0.550 e. The number of carbonyl (C=O) groups excluding carboxylic acids is 1. The third-order valence-corrected chi connectivity index (χ3v) is 7.59. The highest BCUT2D eigenvalue weighted by atomic mass is 16.5. The molecule has 6 heteroatoms. The lowest BCUT2D eigenvalue weighted by atomic mass is 9.90. The third-order valence-electron chi connectivity index (χ3n) is 7.59. The summed E-state index contributed by atoms with van der Waals surface area (Å²) >= 11 is 0. The van der Waals surface area contributed by atoms with Crippen LogP contribution in [0.15, 0.2) is 48.5 Å². The first-order valence-corrected chi connectivity index (χ1v) is 12.8. The van der Waals surface area contributed by atoms with Gasteiger partial charge in [0.25, 0.3) is 0 Å². The van der Waals surface area contributed by atoms with Crippen molar-refractivity contribution in [1.82, 2.24) is 0 Å². The van der Waals surface area contributed by atoms with Crippen LogP contribution in [0.4, 0.5) is 0 Å². The molecular weight excluding hydrogens is 468 g/mol. The molecule has 5 rings (SSSR count). The SMILES string of the molecule is COCCOc1cc(C)c(-c2cccc(COc3ccc4c(c3)OC3(CC3)C4CC(=O)[O-])c2C)c(C)c1. The molecule has 3 aromatic rings. The Morgan fingerprint density at radius 2 is 1.76 bits per heavy atom. The molecular formula is C31H33O6-. The Kier molecular flexibility index (Phi) is 6.86. The molecule has 194 valence electrons. The molecule has 1 aliphatic carbocycles. The van der Waals surface area contributed by atoms with Crippen molar-refractivity contribution in [2.24, 2.45) is 0 Å². The van der Waals surface area contributed by atoms with Crippen LogP contribution in [0.1, 0.15) is 53.0 Å². The van der Waals surface area contributed by atoms with E-state index in [0.717, 1.165) is 46.6 Å². The number of carboxylic acids is 1. The van der Waals surface area contributed by atoms with Crippen LogP contribution < -0.4 is 19.3 Å². The van der Waals surface area contributed by atoms with Gasteiger partial charge in [-0.2, -0.15) is 0 Å². The lowest BCUT2D eigenvalue weighted by Crippen LogP contribution is -2.29. The summed E-state index contributed by atoms with van der Waals surface area (Å²) in [7, 11) is 1.67. The van der Waals surface area contributed by atoms with Gasteiger partial charge in [-0.05, 0) is 91.6 Å². The van der Waals surface area contributed by atoms with Gasteiger partial charge < -0.3 is 28.8 Å². The van der Waals surface area contributed by atoms with Gasteiger partial charge in [0, 0.05) is 30.6 Å². The van der Waals surface area contributed by atoms with Crippen LogP contribution in [0.3, 0.4) is 0 Å². The number of benzene rings is 3. The van der Waals surface area contributed by atoms with Crippen molar-refractivity contribution < 1.29 is 28.8 Å². The number of aryl methyl sites for hydroxylation is 2. The van der Waals surface area contributed by atoms with E-state index >= 15 is 0 Å². The highest BCUT2D eigenvalue weighted by Gasteiger charge is 2.57. The zero-order valence-electron chi connectivity index (χ0n) is 21.9. The predicted molar refractivity (Wildman–Crippen MR) is 139 cm³/mol. The maximum atomic E-state index is 11.3. The minimum Gasteiger partial charge on any atom is -0.550 e. The van der Waals surface area contributed by atoms with Crippen molar-refractivity contribution in [1.29, 1.82) is 0 Å². The fraction of sp³-hybridized carbons (Fsp3) is 0.387. The molecule has 1 atom stereocenters. The van der Waals surface area contributed by atoms with Crippen LogP contribution in [0.2, 0.25) is 0 Å². The molecule has 0 bridgehead atoms. The molecule has 1 aliphatic heterocycles. The molecule has 0 N–H and O–H groups in total. The van der Waals surface area contributed by atoms with Gasteiger partial charge in [-0.15, -0.1) is 0 Å². The van der Waals surface area contributed by atoms with E-state index in [1.807, 2.05) is 18.2 Å². The number of carboxylic acid groups (broad SMARTS) is 1. The summed E-state index contributed by atoms with van der Waals surface area (Å²) in [6, 6.07) is 16.2. The molecule has 0 amide bonds. The van der Waals surface area contributed by atoms with E-state index in [2.05, 4.69) is 51.1 Å². The fourth-order valence-electron chi connectivity index (χ4n) is 5.54. The topological polar surface area (TPSA) is 77.0 Å². The average Bonchev–Trinajstić information content (AvgIpc) is 3.56. The molecule has 1 saturated carbocycles. The number of hydrogen-bond donors (Lipinski definition) is 0. The minimum atomic E-state index is -1.04. The molecule has 0 saturated heterocycles. The van der Waals surface area contributed by atoms with Crippen molar-refractivity contribution in [2.45, 2.75) is 58.2 Å². The lowest BCUT2D eigenvalue weighted by molar-refractivity contribution is -0.306. The summed E-state index contributed by atoms with van der Waals surface area (Å²) in [5, 5.41) is 11.3. The molecule has 2 aliphatic rings. The molecule has 0 aromatic heterocycles. The maximum absolute atomic E-state index is 11.3. The maximum Gasteiger partial charge on any atom is 0.127 e. The number of ether oxygens (including phenoxy) is 4. The van der Waals surface area contributed by atoms with Crippen LogP contribution in [0.5, 0.6) is 17.2 Å². The van der Waals surface area contributed by atoms with Crippen LogP contribution in [0.25, 0.3) is 11.1 Å². The zero-order chi connectivity index (χ0) is 26.2. The van der Waals surface area contributed by atoms with E-state index in [4.69, 9.17) is 18.9 Å². The Balaban J connectivity index is 1.33. The smallest absolute Gasteiger partial charge is 0.127 e. The van der Waals surface area contributed by atoms with E-state index in [1.165, 1.54) is 16.7 Å². The standard InChI is InChI=1S/C31H34O6/c1-19-14-24(35-13-12-34-4)15-20(2)30(19)25-7-5-6-22(21(25)3)18-36-23-8-9-26-27(17-29(32)33)31(10-11-31)37-28(26)16-23/h5-9,14-16,27H,10-13,17-18H2,1-4H3,(H,32,33)/p-1. The number of fused-ring (bicyclic) bond motifs is 1. The molecule has 1 unspecified atom stereocenters. The van der Waals surface area contributed by atoms with E-state index in [0.29, 0.717) is 25.6 Å². The van der Waals surface area contributed by atoms with Crippen molar-refractivity contribution in [3.05, 3.63) is 76.3 Å². The van der Waals surface area contributed by atoms with Gasteiger partial charge in [0.05, 0.1) is 6.61 Å². The summed E-state index contributed by atoms with van der Waals surface area (Å²) in [5.74, 6) is 1.09. The van der Waals surface area contributed by atoms with Crippen molar-refractivity contribution in [3.63, 3.8) is 0 Å². The van der Waals surface area contributed by atoms with E-state index in [9.17, 15) is 9.90 Å². The van der Waals surface area contributed by atoms with Gasteiger partial charge in [-0.25, -0.2) is 0 Å². The summed E-state index contributed by atoms with van der Waals surface area (Å²) in [4.78, 5) is 11.3. The van der Waals surface area contributed by atoms with E-state index in [-0.39, 0.29) is 17.9 Å². The summed E-state index contributed by atoms with van der Waals surface area (Å²) in [6.07, 6.45) is 1.74. The predicted octanol–water partition coefficient (Wildman–Crippen LogP) is 5.03. The summed E-state index contributed by atoms with van der Waals surface area (Å²) in [5.41, 5.74) is 7.54. The lowest BCUT2D eigenvalue weighted by Gasteiger charge is -2.18.